The average Bonchev–Trinajstić information content (AvgIpc) is 2.91. The molecule has 1 saturated heterocycles. The molecule has 4 rings (SSSR count). The minimum Gasteiger partial charge on any atom is -0.314 e. The Balaban J connectivity index is 1.64. The first-order valence-electron chi connectivity index (χ1n) is 7.82. The van der Waals surface area contributed by atoms with Gasteiger partial charge in [-0.2, -0.15) is 0 Å². The molecule has 1 aromatic carbocycles. The third kappa shape index (κ3) is 2.52. The van der Waals surface area contributed by atoms with E-state index in [0.717, 1.165) is 39.1 Å². The summed E-state index contributed by atoms with van der Waals surface area (Å²) in [6.07, 6.45) is 1.14. The van der Waals surface area contributed by atoms with E-state index < -0.39 is 0 Å². The molecule has 1 unspecified atom stereocenters. The molecule has 1 N–H and O–H groups in total. The molecular formula is C17H21N3S. The van der Waals surface area contributed by atoms with Gasteiger partial charge in [0.05, 0.1) is 12.2 Å². The standard InChI is InChI=1S/C17H21N3S/c1-12-10-15-17(14-5-3-2-4-13(12)14)19-16(21-15)11-20-8-6-18-7-9-20/h2-5,12,18H,6-11H2,1H3. The molecule has 1 aliphatic heterocycles. The van der Waals surface area contributed by atoms with Crippen LogP contribution in [-0.2, 0) is 13.0 Å². The van der Waals surface area contributed by atoms with Crippen LogP contribution in [0.15, 0.2) is 24.3 Å². The van der Waals surface area contributed by atoms with Gasteiger partial charge in [-0.25, -0.2) is 4.98 Å². The van der Waals surface area contributed by atoms with Gasteiger partial charge >= 0.3 is 0 Å². The summed E-state index contributed by atoms with van der Waals surface area (Å²) in [5.41, 5.74) is 4.07. The third-order valence-corrected chi connectivity index (χ3v) is 5.61. The van der Waals surface area contributed by atoms with Crippen molar-refractivity contribution in [2.75, 3.05) is 26.2 Å². The van der Waals surface area contributed by atoms with Crippen LogP contribution in [0.5, 0.6) is 0 Å². The number of hydrogen-bond acceptors (Lipinski definition) is 4. The number of nitrogens with one attached hydrogen (secondary N) is 1. The lowest BCUT2D eigenvalue weighted by Crippen LogP contribution is -2.42. The second-order valence-corrected chi connectivity index (χ2v) is 7.27. The van der Waals surface area contributed by atoms with Crippen LogP contribution in [0.3, 0.4) is 0 Å². The van der Waals surface area contributed by atoms with E-state index in [1.165, 1.54) is 26.7 Å². The smallest absolute Gasteiger partial charge is 0.108 e. The van der Waals surface area contributed by atoms with Gasteiger partial charge in [0.15, 0.2) is 0 Å². The van der Waals surface area contributed by atoms with Gasteiger partial charge in [0.25, 0.3) is 0 Å². The van der Waals surface area contributed by atoms with Gasteiger partial charge in [-0.1, -0.05) is 31.2 Å². The molecule has 2 heterocycles. The average molecular weight is 299 g/mol. The van der Waals surface area contributed by atoms with Crippen LogP contribution in [0.2, 0.25) is 0 Å². The fourth-order valence-corrected chi connectivity index (χ4v) is 4.66. The molecule has 0 amide bonds. The van der Waals surface area contributed by atoms with Crippen molar-refractivity contribution in [3.63, 3.8) is 0 Å². The van der Waals surface area contributed by atoms with Crippen LogP contribution in [0, 0.1) is 0 Å². The zero-order valence-corrected chi connectivity index (χ0v) is 13.2. The third-order valence-electron chi connectivity index (χ3n) is 4.55. The fraction of sp³-hybridized carbons (Fsp3) is 0.471. The summed E-state index contributed by atoms with van der Waals surface area (Å²) >= 11 is 1.92. The summed E-state index contributed by atoms with van der Waals surface area (Å²) in [7, 11) is 0. The van der Waals surface area contributed by atoms with Crippen LogP contribution in [0.1, 0.15) is 28.3 Å². The first-order chi connectivity index (χ1) is 10.3. The van der Waals surface area contributed by atoms with Gasteiger partial charge in [0, 0.05) is 36.6 Å². The van der Waals surface area contributed by atoms with Crippen LogP contribution in [0.4, 0.5) is 0 Å². The van der Waals surface area contributed by atoms with E-state index in [4.69, 9.17) is 4.98 Å². The Bertz CT molecular complexity index is 643. The molecule has 1 atom stereocenters. The van der Waals surface area contributed by atoms with Crippen molar-refractivity contribution in [1.29, 1.82) is 0 Å². The second-order valence-electron chi connectivity index (χ2n) is 6.10. The van der Waals surface area contributed by atoms with Crippen molar-refractivity contribution in [2.24, 2.45) is 0 Å². The molecule has 0 radical (unpaired) electrons. The van der Waals surface area contributed by atoms with Crippen molar-refractivity contribution in [1.82, 2.24) is 15.2 Å². The lowest BCUT2D eigenvalue weighted by Gasteiger charge is -2.26. The van der Waals surface area contributed by atoms with Crippen LogP contribution >= 0.6 is 11.3 Å². The molecular weight excluding hydrogens is 278 g/mol. The van der Waals surface area contributed by atoms with E-state index in [2.05, 4.69) is 41.4 Å². The Labute approximate surface area is 130 Å². The molecule has 4 heteroatoms. The summed E-state index contributed by atoms with van der Waals surface area (Å²) in [6, 6.07) is 8.78. The van der Waals surface area contributed by atoms with Gasteiger partial charge in [-0.3, -0.25) is 4.90 Å². The van der Waals surface area contributed by atoms with Gasteiger partial charge < -0.3 is 5.32 Å². The summed E-state index contributed by atoms with van der Waals surface area (Å²) in [6.45, 7) is 7.82. The number of piperazine rings is 1. The van der Waals surface area contributed by atoms with E-state index >= 15 is 0 Å². The number of nitrogens with zero attached hydrogens (tertiary/aromatic N) is 2. The van der Waals surface area contributed by atoms with Crippen molar-refractivity contribution < 1.29 is 0 Å². The largest absolute Gasteiger partial charge is 0.314 e. The van der Waals surface area contributed by atoms with Crippen LogP contribution in [-0.4, -0.2) is 36.1 Å². The van der Waals surface area contributed by atoms with Crippen molar-refractivity contribution >= 4 is 11.3 Å². The Morgan fingerprint density at radius 2 is 2.10 bits per heavy atom. The lowest BCUT2D eigenvalue weighted by molar-refractivity contribution is 0.233. The summed E-state index contributed by atoms with van der Waals surface area (Å²) < 4.78 is 0. The second kappa shape index (κ2) is 5.52. The maximum Gasteiger partial charge on any atom is 0.108 e. The quantitative estimate of drug-likeness (QED) is 0.924. The SMILES string of the molecule is CC1Cc2sc(CN3CCNCC3)nc2-c2ccccc21. The minimum absolute atomic E-state index is 0.612. The van der Waals surface area contributed by atoms with E-state index in [-0.39, 0.29) is 0 Å². The Hall–Kier alpha value is -1.23. The maximum atomic E-state index is 4.98. The Morgan fingerprint density at radius 1 is 1.29 bits per heavy atom. The zero-order chi connectivity index (χ0) is 14.2. The number of benzene rings is 1. The molecule has 1 aromatic heterocycles. The van der Waals surface area contributed by atoms with Crippen molar-refractivity contribution in [3.05, 3.63) is 39.7 Å². The minimum atomic E-state index is 0.612. The topological polar surface area (TPSA) is 28.2 Å². The summed E-state index contributed by atoms with van der Waals surface area (Å²) in [5, 5.41) is 4.69. The monoisotopic (exact) mass is 299 g/mol. The molecule has 2 aromatic rings. The Kier molecular flexibility index (Phi) is 3.53. The maximum absolute atomic E-state index is 4.98. The first kappa shape index (κ1) is 13.4. The predicted molar refractivity (Wildman–Crippen MR) is 87.8 cm³/mol. The highest BCUT2D eigenvalue weighted by molar-refractivity contribution is 7.12. The molecule has 3 nitrogen and oxygen atoms in total. The highest BCUT2D eigenvalue weighted by atomic mass is 32.1. The van der Waals surface area contributed by atoms with E-state index in [9.17, 15) is 0 Å². The van der Waals surface area contributed by atoms with E-state index in [1.807, 2.05) is 11.3 Å². The van der Waals surface area contributed by atoms with Crippen LogP contribution < -0.4 is 5.32 Å². The molecule has 2 aliphatic rings. The Morgan fingerprint density at radius 3 is 2.95 bits per heavy atom. The van der Waals surface area contributed by atoms with Gasteiger partial charge in [-0.05, 0) is 17.9 Å². The zero-order valence-electron chi connectivity index (χ0n) is 12.4. The number of fused-ring (bicyclic) bond motifs is 3. The van der Waals surface area contributed by atoms with Crippen molar-refractivity contribution in [3.8, 4) is 11.3 Å². The number of thiazole rings is 1. The number of rotatable bonds is 2. The molecule has 1 fully saturated rings. The first-order valence-corrected chi connectivity index (χ1v) is 8.64. The van der Waals surface area contributed by atoms with E-state index in [0.29, 0.717) is 5.92 Å². The molecule has 0 saturated carbocycles. The molecule has 110 valence electrons. The van der Waals surface area contributed by atoms with Gasteiger partial charge in [-0.15, -0.1) is 11.3 Å². The molecule has 0 spiro atoms. The highest BCUT2D eigenvalue weighted by Crippen LogP contribution is 2.41. The normalized spacial score (nSPS) is 21.9. The number of aromatic nitrogens is 1. The molecule has 0 bridgehead atoms. The van der Waals surface area contributed by atoms with Crippen LogP contribution in [0.25, 0.3) is 11.3 Å². The fourth-order valence-electron chi connectivity index (χ4n) is 3.41. The summed E-state index contributed by atoms with van der Waals surface area (Å²) in [4.78, 5) is 8.97. The predicted octanol–water partition coefficient (Wildman–Crippen LogP) is 2.87. The summed E-state index contributed by atoms with van der Waals surface area (Å²) in [5.74, 6) is 0.612. The lowest BCUT2D eigenvalue weighted by atomic mass is 9.86. The molecule has 21 heavy (non-hydrogen) atoms. The molecule has 1 aliphatic carbocycles. The van der Waals surface area contributed by atoms with Crippen molar-refractivity contribution in [2.45, 2.75) is 25.8 Å². The van der Waals surface area contributed by atoms with Gasteiger partial charge in [0.2, 0.25) is 0 Å². The van der Waals surface area contributed by atoms with E-state index in [1.54, 1.807) is 0 Å². The van der Waals surface area contributed by atoms with Gasteiger partial charge in [0.1, 0.15) is 5.01 Å². The highest BCUT2D eigenvalue weighted by Gasteiger charge is 2.25. The number of hydrogen-bond donors (Lipinski definition) is 1.